The number of rotatable bonds is 18. The Bertz CT molecular complexity index is 1160. The second kappa shape index (κ2) is 22.3. The van der Waals surface area contributed by atoms with Crippen LogP contribution in [0.15, 0.2) is 18.2 Å². The minimum atomic E-state index is -1.16. The van der Waals surface area contributed by atoms with Crippen LogP contribution in [0.3, 0.4) is 0 Å². The minimum Gasteiger partial charge on any atom is -0.480 e. The lowest BCUT2D eigenvalue weighted by Gasteiger charge is -2.33. The third-order valence-electron chi connectivity index (χ3n) is 7.00. The summed E-state index contributed by atoms with van der Waals surface area (Å²) in [5, 5.41) is 32.9. The molecule has 0 aliphatic carbocycles. The first-order valence-electron chi connectivity index (χ1n) is 15.1. The van der Waals surface area contributed by atoms with Crippen LogP contribution in [-0.4, -0.2) is 153 Å². The van der Waals surface area contributed by atoms with Gasteiger partial charge in [0.05, 0.1) is 11.4 Å². The number of ether oxygens (including phenoxy) is 2. The van der Waals surface area contributed by atoms with Crippen molar-refractivity contribution in [1.29, 1.82) is 0 Å². The van der Waals surface area contributed by atoms with Crippen LogP contribution in [0.2, 0.25) is 0 Å². The van der Waals surface area contributed by atoms with E-state index < -0.39 is 41.8 Å². The van der Waals surface area contributed by atoms with Gasteiger partial charge in [0.15, 0.2) is 5.78 Å². The lowest BCUT2D eigenvalue weighted by Crippen LogP contribution is -2.48. The zero-order valence-corrected chi connectivity index (χ0v) is 28.6. The molecule has 0 saturated carbocycles. The van der Waals surface area contributed by atoms with Crippen LogP contribution in [0, 0.1) is 0 Å². The number of thioether (sulfide) groups is 2. The maximum Gasteiger partial charge on any atom is 0.329 e. The monoisotopic (exact) mass is 716 g/mol. The lowest BCUT2D eigenvalue weighted by molar-refractivity contribution is -0.144. The molecular weight excluding hydrogens is 672 g/mol. The molecule has 2 unspecified atom stereocenters. The number of nitrogens with one attached hydrogen (secondary N) is 2. The lowest BCUT2D eigenvalue weighted by atomic mass is 10.1. The fourth-order valence-electron chi connectivity index (χ4n) is 4.63. The summed E-state index contributed by atoms with van der Waals surface area (Å²) >= 11 is 1.81. The number of carbonyl (C=O) groups is 6. The summed E-state index contributed by atoms with van der Waals surface area (Å²) in [4.78, 5) is 80.7. The zero-order valence-electron chi connectivity index (χ0n) is 27.0. The van der Waals surface area contributed by atoms with Gasteiger partial charge in [0.1, 0.15) is 38.8 Å². The fourth-order valence-corrected chi connectivity index (χ4v) is 6.00. The van der Waals surface area contributed by atoms with Crippen molar-refractivity contribution in [1.82, 2.24) is 30.3 Å². The largest absolute Gasteiger partial charge is 0.480 e. The molecule has 1 aliphatic heterocycles. The molecule has 2 amide bonds. The molecule has 2 heterocycles. The van der Waals surface area contributed by atoms with Crippen LogP contribution in [0.5, 0.6) is 0 Å². The topological polar surface area (TPSA) is 228 Å². The molecule has 48 heavy (non-hydrogen) atoms. The molecule has 19 heteroatoms. The summed E-state index contributed by atoms with van der Waals surface area (Å²) in [5.41, 5.74) is 1.22. The molecular formula is C29H44N6O11S2. The average molecular weight is 717 g/mol. The summed E-state index contributed by atoms with van der Waals surface area (Å²) in [5.74, 6) is -2.97. The molecule has 0 aromatic carbocycles. The number of amides is 2. The Morgan fingerprint density at radius 3 is 1.67 bits per heavy atom. The Morgan fingerprint density at radius 1 is 0.792 bits per heavy atom. The fraction of sp³-hybridized carbons (Fsp3) is 0.621. The number of aliphatic carboxylic acids is 3. The van der Waals surface area contributed by atoms with Crippen LogP contribution < -0.4 is 10.6 Å². The highest BCUT2D eigenvalue weighted by molar-refractivity contribution is 8.13. The van der Waals surface area contributed by atoms with Crippen molar-refractivity contribution in [3.63, 3.8) is 0 Å². The summed E-state index contributed by atoms with van der Waals surface area (Å²) < 4.78 is 9.81. The van der Waals surface area contributed by atoms with Gasteiger partial charge in [0, 0.05) is 50.8 Å². The van der Waals surface area contributed by atoms with E-state index in [0.29, 0.717) is 37.6 Å². The maximum absolute atomic E-state index is 12.4. The molecule has 2 bridgehead atoms. The normalized spacial score (nSPS) is 16.1. The molecule has 268 valence electrons. The number of carboxylic acid groups (broad SMARTS) is 3. The summed E-state index contributed by atoms with van der Waals surface area (Å²) in [6, 6.07) is 3.53. The SMILES string of the molecule is CC(=O)COCNC(=O)SCCC(C(=O)O)N1CCN(C)CCN(C(CCSC(=O)NCOCC(=O)O)C(=O)O)Cc2cccc(n2)C1. The number of Topliss-reactive ketones (excluding diaryl/α,β-unsaturated/α-hetero) is 1. The molecule has 17 nitrogen and oxygen atoms in total. The van der Waals surface area contributed by atoms with Gasteiger partial charge in [-0.25, -0.2) is 4.79 Å². The Morgan fingerprint density at radius 2 is 1.25 bits per heavy atom. The Balaban J connectivity index is 2.06. The van der Waals surface area contributed by atoms with Gasteiger partial charge >= 0.3 is 17.9 Å². The van der Waals surface area contributed by atoms with E-state index in [0.717, 1.165) is 23.5 Å². The van der Waals surface area contributed by atoms with Crippen molar-refractivity contribution in [3.05, 3.63) is 29.6 Å². The predicted molar refractivity (Wildman–Crippen MR) is 177 cm³/mol. The van der Waals surface area contributed by atoms with Crippen molar-refractivity contribution < 1.29 is 53.6 Å². The van der Waals surface area contributed by atoms with Crippen molar-refractivity contribution >= 4 is 57.7 Å². The number of nitrogens with zero attached hydrogens (tertiary/aromatic N) is 4. The van der Waals surface area contributed by atoms with E-state index in [1.165, 1.54) is 6.92 Å². The maximum atomic E-state index is 12.4. The van der Waals surface area contributed by atoms with Crippen molar-refractivity contribution in [2.75, 3.05) is 71.4 Å². The quantitative estimate of drug-likeness (QED) is 0.105. The molecule has 1 aromatic rings. The number of carbonyl (C=O) groups excluding carboxylic acids is 3. The summed E-state index contributed by atoms with van der Waals surface area (Å²) in [6.07, 6.45) is 0.340. The Kier molecular flexibility index (Phi) is 19.0. The van der Waals surface area contributed by atoms with Gasteiger partial charge in [-0.15, -0.1) is 0 Å². The number of likely N-dealkylation sites (N-methyl/N-ethyl adjacent to an activating group) is 1. The van der Waals surface area contributed by atoms with E-state index >= 15 is 0 Å². The average Bonchev–Trinajstić information content (AvgIpc) is 3.01. The first-order chi connectivity index (χ1) is 22.8. The third kappa shape index (κ3) is 16.7. The number of pyridine rings is 1. The number of hydrogen-bond acceptors (Lipinski definition) is 14. The van der Waals surface area contributed by atoms with Gasteiger partial charge in [-0.05, 0) is 38.9 Å². The second-order valence-corrected chi connectivity index (χ2v) is 13.0. The molecule has 0 saturated heterocycles. The molecule has 0 fully saturated rings. The summed E-state index contributed by atoms with van der Waals surface area (Å²) in [7, 11) is 1.87. The van der Waals surface area contributed by atoms with E-state index in [1.807, 2.05) is 16.8 Å². The van der Waals surface area contributed by atoms with Crippen LogP contribution in [0.4, 0.5) is 9.59 Å². The zero-order chi connectivity index (χ0) is 35.5. The molecule has 2 atom stereocenters. The van der Waals surface area contributed by atoms with Gasteiger partial charge in [-0.1, -0.05) is 29.6 Å². The number of fused-ring (bicyclic) bond motifs is 2. The van der Waals surface area contributed by atoms with E-state index in [4.69, 9.17) is 19.6 Å². The third-order valence-corrected chi connectivity index (χ3v) is 8.69. The first-order valence-corrected chi connectivity index (χ1v) is 17.1. The van der Waals surface area contributed by atoms with Crippen LogP contribution in [0.1, 0.15) is 31.2 Å². The van der Waals surface area contributed by atoms with Crippen LogP contribution >= 0.6 is 23.5 Å². The Hall–Kier alpha value is -3.33. The van der Waals surface area contributed by atoms with Gasteiger partial charge in [-0.2, -0.15) is 0 Å². The molecule has 1 aliphatic rings. The van der Waals surface area contributed by atoms with Gasteiger partial charge in [-0.3, -0.25) is 38.8 Å². The number of carboxylic acids is 3. The van der Waals surface area contributed by atoms with Crippen molar-refractivity contribution in [2.24, 2.45) is 0 Å². The highest BCUT2D eigenvalue weighted by Gasteiger charge is 2.29. The smallest absolute Gasteiger partial charge is 0.329 e. The summed E-state index contributed by atoms with van der Waals surface area (Å²) in [6.45, 7) is 2.44. The second-order valence-electron chi connectivity index (χ2n) is 10.9. The Labute approximate surface area is 287 Å². The molecule has 0 radical (unpaired) electrons. The predicted octanol–water partition coefficient (Wildman–Crippen LogP) is 0.825. The van der Waals surface area contributed by atoms with Gasteiger partial charge in [0.25, 0.3) is 10.5 Å². The molecule has 2 rings (SSSR count). The standard InChI is InChI=1S/C29H44N6O11S2/c1-20(36)16-45-18-30-28(43)47-12-6-23(26(39)40)34-10-8-33(2)9-11-35(15-22-5-3-4-21(14-34)32-22)24(27(41)42)7-13-48-29(44)31-19-46-17-25(37)38/h3-5,23-24H,6-19H2,1-2H3,(H,30,43)(H,31,44)(H,37,38)(H,39,40)(H,41,42). The van der Waals surface area contributed by atoms with Crippen molar-refractivity contribution in [2.45, 2.75) is 44.9 Å². The van der Waals surface area contributed by atoms with E-state index in [2.05, 4.69) is 10.6 Å². The van der Waals surface area contributed by atoms with Crippen molar-refractivity contribution in [3.8, 4) is 0 Å². The molecule has 0 spiro atoms. The molecule has 5 N–H and O–H groups in total. The highest BCUT2D eigenvalue weighted by Crippen LogP contribution is 2.18. The van der Waals surface area contributed by atoms with Crippen LogP contribution in [0.25, 0.3) is 0 Å². The van der Waals surface area contributed by atoms with Gasteiger partial charge in [0.2, 0.25) is 0 Å². The number of aromatic nitrogens is 1. The van der Waals surface area contributed by atoms with E-state index in [-0.39, 0.29) is 68.5 Å². The van der Waals surface area contributed by atoms with Crippen LogP contribution in [-0.2, 0) is 41.7 Å². The van der Waals surface area contributed by atoms with E-state index in [1.54, 1.807) is 23.1 Å². The molecule has 1 aromatic heterocycles. The number of hydrogen-bond donors (Lipinski definition) is 5. The highest BCUT2D eigenvalue weighted by atomic mass is 32.2. The number of ketones is 1. The minimum absolute atomic E-state index is 0.113. The first kappa shape index (κ1) is 40.8. The van der Waals surface area contributed by atoms with E-state index in [9.17, 15) is 39.0 Å². The van der Waals surface area contributed by atoms with Gasteiger partial charge < -0.3 is 40.3 Å².